The minimum atomic E-state index is 0.310. The molecule has 0 aromatic heterocycles. The van der Waals surface area contributed by atoms with Crippen LogP contribution in [0.2, 0.25) is 0 Å². The van der Waals surface area contributed by atoms with Crippen molar-refractivity contribution in [3.8, 4) is 0 Å². The minimum Gasteiger partial charge on any atom is -0.325 e. The smallest absolute Gasteiger partial charge is 0.0524 e. The zero-order valence-electron chi connectivity index (χ0n) is 7.52. The standard InChI is InChI=1S/C10H14N2/c1-7-3-4-8(2)9(5-7)10(12)6-11/h3-5,12H,6,11H2,1-2H3. The summed E-state index contributed by atoms with van der Waals surface area (Å²) < 4.78 is 0. The Hall–Kier alpha value is -1.15. The average molecular weight is 162 g/mol. The average Bonchev–Trinajstić information content (AvgIpc) is 2.08. The third-order valence-electron chi connectivity index (χ3n) is 1.92. The van der Waals surface area contributed by atoms with Gasteiger partial charge in [0.25, 0.3) is 0 Å². The Kier molecular flexibility index (Phi) is 2.61. The molecule has 0 aliphatic carbocycles. The highest BCUT2D eigenvalue weighted by Gasteiger charge is 2.02. The number of nitrogens with two attached hydrogens (primary N) is 1. The summed E-state index contributed by atoms with van der Waals surface area (Å²) in [6.07, 6.45) is 0. The molecular weight excluding hydrogens is 148 g/mol. The Labute approximate surface area is 72.9 Å². The third-order valence-corrected chi connectivity index (χ3v) is 1.92. The summed E-state index contributed by atoms with van der Waals surface area (Å²) in [5, 5.41) is 7.59. The maximum atomic E-state index is 7.59. The van der Waals surface area contributed by atoms with E-state index in [-0.39, 0.29) is 0 Å². The van der Waals surface area contributed by atoms with Crippen molar-refractivity contribution in [3.63, 3.8) is 0 Å². The van der Waals surface area contributed by atoms with Crippen molar-refractivity contribution in [3.05, 3.63) is 34.9 Å². The molecule has 0 amide bonds. The van der Waals surface area contributed by atoms with Crippen molar-refractivity contribution in [2.24, 2.45) is 5.73 Å². The quantitative estimate of drug-likeness (QED) is 0.638. The lowest BCUT2D eigenvalue weighted by molar-refractivity contribution is 1.24. The van der Waals surface area contributed by atoms with Crippen molar-refractivity contribution < 1.29 is 0 Å². The number of nitrogens with one attached hydrogen (secondary N) is 1. The number of hydrogen-bond donors (Lipinski definition) is 2. The summed E-state index contributed by atoms with van der Waals surface area (Å²) >= 11 is 0. The first kappa shape index (κ1) is 8.94. The van der Waals surface area contributed by atoms with Crippen LogP contribution in [0.3, 0.4) is 0 Å². The van der Waals surface area contributed by atoms with Crippen LogP contribution < -0.4 is 5.73 Å². The molecule has 0 unspecified atom stereocenters. The molecule has 0 aliphatic rings. The predicted molar refractivity (Wildman–Crippen MR) is 51.8 cm³/mol. The molecule has 1 aromatic rings. The summed E-state index contributed by atoms with van der Waals surface area (Å²) in [7, 11) is 0. The van der Waals surface area contributed by atoms with Crippen molar-refractivity contribution in [2.45, 2.75) is 13.8 Å². The highest BCUT2D eigenvalue weighted by Crippen LogP contribution is 2.10. The van der Waals surface area contributed by atoms with E-state index in [9.17, 15) is 0 Å². The molecule has 2 nitrogen and oxygen atoms in total. The van der Waals surface area contributed by atoms with Gasteiger partial charge in [0.2, 0.25) is 0 Å². The van der Waals surface area contributed by atoms with E-state index in [1.54, 1.807) is 0 Å². The van der Waals surface area contributed by atoms with Crippen molar-refractivity contribution in [1.82, 2.24) is 0 Å². The van der Waals surface area contributed by atoms with Gasteiger partial charge in [0.15, 0.2) is 0 Å². The lowest BCUT2D eigenvalue weighted by atomic mass is 10.0. The van der Waals surface area contributed by atoms with E-state index in [1.807, 2.05) is 32.0 Å². The zero-order valence-corrected chi connectivity index (χ0v) is 7.52. The molecule has 2 heteroatoms. The fourth-order valence-corrected chi connectivity index (χ4v) is 1.17. The maximum Gasteiger partial charge on any atom is 0.0524 e. The van der Waals surface area contributed by atoms with Gasteiger partial charge in [-0.1, -0.05) is 17.7 Å². The van der Waals surface area contributed by atoms with Crippen LogP contribution in [0.1, 0.15) is 16.7 Å². The Balaban J connectivity index is 3.13. The van der Waals surface area contributed by atoms with Crippen molar-refractivity contribution in [2.75, 3.05) is 6.54 Å². The fourth-order valence-electron chi connectivity index (χ4n) is 1.17. The van der Waals surface area contributed by atoms with Crippen molar-refractivity contribution in [1.29, 1.82) is 5.41 Å². The molecule has 0 radical (unpaired) electrons. The SMILES string of the molecule is Cc1ccc(C)c(C(=N)CN)c1. The Bertz CT molecular complexity index is 303. The molecule has 0 saturated carbocycles. The molecule has 0 spiro atoms. The van der Waals surface area contributed by atoms with Gasteiger partial charge >= 0.3 is 0 Å². The molecule has 0 bridgehead atoms. The molecule has 12 heavy (non-hydrogen) atoms. The summed E-state index contributed by atoms with van der Waals surface area (Å²) in [4.78, 5) is 0. The minimum absolute atomic E-state index is 0.310. The molecule has 0 saturated heterocycles. The largest absolute Gasteiger partial charge is 0.325 e. The van der Waals surface area contributed by atoms with Gasteiger partial charge in [-0.05, 0) is 31.0 Å². The summed E-state index contributed by atoms with van der Waals surface area (Å²) in [6.45, 7) is 4.33. The van der Waals surface area contributed by atoms with E-state index >= 15 is 0 Å². The van der Waals surface area contributed by atoms with Gasteiger partial charge in [-0.3, -0.25) is 0 Å². The maximum absolute atomic E-state index is 7.59. The van der Waals surface area contributed by atoms with Crippen LogP contribution >= 0.6 is 0 Å². The highest BCUT2D eigenvalue weighted by molar-refractivity contribution is 6.00. The van der Waals surface area contributed by atoms with Crippen LogP contribution in [0.5, 0.6) is 0 Å². The van der Waals surface area contributed by atoms with E-state index in [2.05, 4.69) is 0 Å². The number of rotatable bonds is 2. The Morgan fingerprint density at radius 2 is 2.08 bits per heavy atom. The van der Waals surface area contributed by atoms with Crippen LogP contribution in [-0.4, -0.2) is 12.3 Å². The summed E-state index contributed by atoms with van der Waals surface area (Å²) in [5.74, 6) is 0. The Morgan fingerprint density at radius 3 is 2.67 bits per heavy atom. The van der Waals surface area contributed by atoms with Gasteiger partial charge in [-0.2, -0.15) is 0 Å². The lowest BCUT2D eigenvalue weighted by Gasteiger charge is -2.06. The third kappa shape index (κ3) is 1.71. The fraction of sp³-hybridized carbons (Fsp3) is 0.300. The molecule has 1 rings (SSSR count). The van der Waals surface area contributed by atoms with E-state index in [1.165, 1.54) is 5.56 Å². The molecular formula is C10H14N2. The van der Waals surface area contributed by atoms with Gasteiger partial charge in [0.1, 0.15) is 0 Å². The summed E-state index contributed by atoms with van der Waals surface area (Å²) in [5.41, 5.74) is 9.17. The topological polar surface area (TPSA) is 49.9 Å². The zero-order chi connectivity index (χ0) is 9.14. The number of benzene rings is 1. The lowest BCUT2D eigenvalue weighted by Crippen LogP contribution is -2.14. The second kappa shape index (κ2) is 3.50. The number of hydrogen-bond acceptors (Lipinski definition) is 2. The molecule has 0 atom stereocenters. The molecule has 0 heterocycles. The van der Waals surface area contributed by atoms with Gasteiger partial charge in [0.05, 0.1) is 5.71 Å². The summed E-state index contributed by atoms with van der Waals surface area (Å²) in [6, 6.07) is 6.07. The van der Waals surface area contributed by atoms with Crippen LogP contribution in [0.4, 0.5) is 0 Å². The molecule has 64 valence electrons. The first-order valence-electron chi connectivity index (χ1n) is 4.00. The van der Waals surface area contributed by atoms with E-state index in [4.69, 9.17) is 11.1 Å². The second-order valence-corrected chi connectivity index (χ2v) is 3.00. The molecule has 1 aromatic carbocycles. The first-order valence-corrected chi connectivity index (χ1v) is 4.00. The van der Waals surface area contributed by atoms with Crippen molar-refractivity contribution >= 4 is 5.71 Å². The Morgan fingerprint density at radius 1 is 1.42 bits per heavy atom. The van der Waals surface area contributed by atoms with E-state index in [0.29, 0.717) is 12.3 Å². The van der Waals surface area contributed by atoms with Gasteiger partial charge < -0.3 is 11.1 Å². The second-order valence-electron chi connectivity index (χ2n) is 3.00. The van der Waals surface area contributed by atoms with E-state index in [0.717, 1.165) is 11.1 Å². The van der Waals surface area contributed by atoms with Gasteiger partial charge in [-0.15, -0.1) is 0 Å². The molecule has 3 N–H and O–H groups in total. The first-order chi connectivity index (χ1) is 5.65. The van der Waals surface area contributed by atoms with Gasteiger partial charge in [0, 0.05) is 6.54 Å². The highest BCUT2D eigenvalue weighted by atomic mass is 14.6. The monoisotopic (exact) mass is 162 g/mol. The molecule has 0 fully saturated rings. The van der Waals surface area contributed by atoms with Crippen LogP contribution in [0.25, 0.3) is 0 Å². The molecule has 0 aliphatic heterocycles. The number of aryl methyl sites for hydroxylation is 2. The van der Waals surface area contributed by atoms with E-state index < -0.39 is 0 Å². The van der Waals surface area contributed by atoms with Gasteiger partial charge in [-0.25, -0.2) is 0 Å². The predicted octanol–water partition coefficient (Wildman–Crippen LogP) is 1.63. The van der Waals surface area contributed by atoms with Crippen LogP contribution in [0.15, 0.2) is 18.2 Å². The van der Waals surface area contributed by atoms with Crippen LogP contribution in [0, 0.1) is 19.3 Å². The van der Waals surface area contributed by atoms with Crippen LogP contribution in [-0.2, 0) is 0 Å². The normalized spacial score (nSPS) is 9.92.